The van der Waals surface area contributed by atoms with E-state index in [-0.39, 0.29) is 29.6 Å². The van der Waals surface area contributed by atoms with Gasteiger partial charge in [0.2, 0.25) is 11.8 Å². The van der Waals surface area contributed by atoms with Crippen LogP contribution in [0.5, 0.6) is 0 Å². The number of carbonyl (C=O) groups excluding carboxylic acids is 2. The molecule has 2 amide bonds. The van der Waals surface area contributed by atoms with E-state index in [9.17, 15) is 14.0 Å². The maximum Gasteiger partial charge on any atom is 0.238 e. The molecule has 5 fully saturated rings. The van der Waals surface area contributed by atoms with Crippen LogP contribution in [0.15, 0.2) is 49.1 Å². The summed E-state index contributed by atoms with van der Waals surface area (Å²) in [4.78, 5) is 49.1. The third-order valence-electron chi connectivity index (χ3n) is 13.7. The van der Waals surface area contributed by atoms with E-state index >= 15 is 0 Å². The summed E-state index contributed by atoms with van der Waals surface area (Å²) in [6.45, 7) is 10.6. The van der Waals surface area contributed by atoms with Gasteiger partial charge in [0.1, 0.15) is 5.52 Å². The Kier molecular flexibility index (Phi) is 7.93. The fraction of sp³-hybridized carbons (Fsp3) is 0.548. The van der Waals surface area contributed by atoms with Crippen molar-refractivity contribution in [3.63, 3.8) is 0 Å². The number of amides is 2. The van der Waals surface area contributed by atoms with E-state index in [1.54, 1.807) is 18.6 Å². The SMILES string of the molecule is CC(C)n1cnc2cc(-c3ccc4c(c3)N([C@H]3C[C@@H](N5CC6CCC(C6)C5)C3)C(=O)C43CCN(C(=O)C4(C)COC4)CC3)nc(Nc3ccncc3F)c21. The van der Waals surface area contributed by atoms with Gasteiger partial charge in [0.25, 0.3) is 0 Å². The normalized spacial score (nSPS) is 27.0. The summed E-state index contributed by atoms with van der Waals surface area (Å²) in [5.74, 6) is 2.01. The molecule has 10 rings (SSSR count). The number of nitrogens with zero attached hydrogens (tertiary/aromatic N) is 7. The minimum absolute atomic E-state index is 0.110. The van der Waals surface area contributed by atoms with Crippen LogP contribution in [0.1, 0.15) is 77.3 Å². The first-order chi connectivity index (χ1) is 26.1. The number of piperidine rings is 2. The van der Waals surface area contributed by atoms with Gasteiger partial charge in [0.15, 0.2) is 11.6 Å². The number of ether oxygens (including phenoxy) is 1. The first-order valence-corrected chi connectivity index (χ1v) is 19.9. The molecule has 3 aromatic heterocycles. The van der Waals surface area contributed by atoms with Crippen LogP contribution in [0.2, 0.25) is 0 Å². The molecule has 2 bridgehead atoms. The van der Waals surface area contributed by atoms with Crippen LogP contribution in [0, 0.1) is 23.1 Å². The van der Waals surface area contributed by atoms with Crippen LogP contribution in [-0.4, -0.2) is 92.6 Å². The van der Waals surface area contributed by atoms with Gasteiger partial charge in [-0.1, -0.05) is 12.1 Å². The standard InChI is InChI=1S/C42H49FN8O3/c1-25(2)50-24-45-35-18-34(47-38(37(35)50)46-33-8-11-44-19-32(33)43)28-6-7-31-36(15-28)51(30-16-29(17-30)49-20-26-4-5-27(14-26)21-49)40(53)42(31)9-12-48(13-10-42)39(52)41(3)22-54-23-41/h6-8,11,15,18-19,24-27,29-30H,4-5,9-10,12-14,16-17,20-23H2,1-3H3,(H,44,46,47)/t26?,27?,29-,30+. The van der Waals surface area contributed by atoms with E-state index < -0.39 is 16.6 Å². The van der Waals surface area contributed by atoms with Gasteiger partial charge in [0, 0.05) is 61.8 Å². The predicted molar refractivity (Wildman–Crippen MR) is 204 cm³/mol. The number of fused-ring (bicyclic) bond motifs is 5. The molecule has 2 saturated carbocycles. The molecule has 6 aliphatic rings. The Morgan fingerprint density at radius 1 is 1.02 bits per heavy atom. The Balaban J connectivity index is 1.01. The lowest BCUT2D eigenvalue weighted by molar-refractivity contribution is -0.170. The van der Waals surface area contributed by atoms with Gasteiger partial charge in [-0.2, -0.15) is 0 Å². The second kappa shape index (κ2) is 12.6. The van der Waals surface area contributed by atoms with Crippen LogP contribution in [0.25, 0.3) is 22.3 Å². The Labute approximate surface area is 315 Å². The van der Waals surface area contributed by atoms with E-state index in [2.05, 4.69) is 52.1 Å². The number of pyridine rings is 2. The lowest BCUT2D eigenvalue weighted by Crippen LogP contribution is -2.60. The highest BCUT2D eigenvalue weighted by molar-refractivity contribution is 6.09. The van der Waals surface area contributed by atoms with Crippen LogP contribution in [-0.2, 0) is 19.7 Å². The maximum atomic E-state index is 15.0. The number of imidazole rings is 1. The number of benzene rings is 1. The van der Waals surface area contributed by atoms with Crippen molar-refractivity contribution in [2.75, 3.05) is 49.6 Å². The Hall–Kier alpha value is -4.42. The first-order valence-electron chi connectivity index (χ1n) is 19.9. The van der Waals surface area contributed by atoms with Crippen molar-refractivity contribution < 1.29 is 18.7 Å². The zero-order valence-corrected chi connectivity index (χ0v) is 31.4. The van der Waals surface area contributed by atoms with Crippen molar-refractivity contribution in [3.05, 3.63) is 60.4 Å². The predicted octanol–water partition coefficient (Wildman–Crippen LogP) is 6.46. The number of nitrogens with one attached hydrogen (secondary N) is 1. The maximum absolute atomic E-state index is 15.0. The van der Waals surface area contributed by atoms with Gasteiger partial charge in [-0.3, -0.25) is 19.5 Å². The minimum Gasteiger partial charge on any atom is -0.379 e. The molecule has 1 N–H and O–H groups in total. The number of aromatic nitrogens is 4. The number of halogens is 1. The van der Waals surface area contributed by atoms with Crippen LogP contribution < -0.4 is 10.2 Å². The van der Waals surface area contributed by atoms with E-state index in [4.69, 9.17) is 14.7 Å². The number of hydrogen-bond donors (Lipinski definition) is 1. The monoisotopic (exact) mass is 732 g/mol. The summed E-state index contributed by atoms with van der Waals surface area (Å²) in [5.41, 5.74) is 4.27. The largest absolute Gasteiger partial charge is 0.379 e. The van der Waals surface area contributed by atoms with Gasteiger partial charge in [-0.25, -0.2) is 14.4 Å². The minimum atomic E-state index is -0.671. The summed E-state index contributed by atoms with van der Waals surface area (Å²) >= 11 is 0. The summed E-state index contributed by atoms with van der Waals surface area (Å²) in [6, 6.07) is 10.7. The number of anilines is 3. The van der Waals surface area contributed by atoms with E-state index in [0.29, 0.717) is 56.7 Å². The molecule has 282 valence electrons. The molecule has 4 aliphatic heterocycles. The van der Waals surface area contributed by atoms with Crippen LogP contribution in [0.4, 0.5) is 21.6 Å². The van der Waals surface area contributed by atoms with Crippen molar-refractivity contribution in [2.24, 2.45) is 17.3 Å². The average molecular weight is 733 g/mol. The topological polar surface area (TPSA) is 109 Å². The molecule has 2 aliphatic carbocycles. The van der Waals surface area contributed by atoms with Crippen LogP contribution in [0.3, 0.4) is 0 Å². The Morgan fingerprint density at radius 2 is 1.78 bits per heavy atom. The van der Waals surface area contributed by atoms with Gasteiger partial charge < -0.3 is 24.4 Å². The molecule has 4 aromatic rings. The second-order valence-electron chi connectivity index (χ2n) is 17.6. The number of hydrogen-bond acceptors (Lipinski definition) is 8. The lowest BCUT2D eigenvalue weighted by atomic mass is 9.72. The smallest absolute Gasteiger partial charge is 0.238 e. The highest BCUT2D eigenvalue weighted by Gasteiger charge is 2.57. The highest BCUT2D eigenvalue weighted by Crippen LogP contribution is 2.53. The first kappa shape index (κ1) is 34.1. The summed E-state index contributed by atoms with van der Waals surface area (Å²) in [7, 11) is 0. The fourth-order valence-electron chi connectivity index (χ4n) is 10.5. The molecule has 1 spiro atoms. The van der Waals surface area contributed by atoms with E-state index in [1.807, 2.05) is 22.5 Å². The molecule has 2 unspecified atom stereocenters. The molecule has 7 heterocycles. The van der Waals surface area contributed by atoms with Crippen LogP contribution >= 0.6 is 0 Å². The molecule has 11 nitrogen and oxygen atoms in total. The molecule has 3 saturated heterocycles. The van der Waals surface area contributed by atoms with Crippen molar-refractivity contribution in [1.29, 1.82) is 0 Å². The summed E-state index contributed by atoms with van der Waals surface area (Å²) in [6.07, 6.45) is 11.8. The molecule has 2 atom stereocenters. The second-order valence-corrected chi connectivity index (χ2v) is 17.6. The molecule has 12 heteroatoms. The lowest BCUT2D eigenvalue weighted by Gasteiger charge is -2.49. The van der Waals surface area contributed by atoms with Crippen molar-refractivity contribution in [1.82, 2.24) is 29.3 Å². The van der Waals surface area contributed by atoms with Gasteiger partial charge >= 0.3 is 0 Å². The quantitative estimate of drug-likeness (QED) is 0.231. The number of rotatable bonds is 7. The summed E-state index contributed by atoms with van der Waals surface area (Å²) in [5, 5.41) is 3.24. The molecule has 54 heavy (non-hydrogen) atoms. The fourth-order valence-corrected chi connectivity index (χ4v) is 10.5. The molecular weight excluding hydrogens is 684 g/mol. The number of likely N-dealkylation sites (tertiary alicyclic amines) is 2. The molecule has 0 radical (unpaired) electrons. The Bertz CT molecular complexity index is 2140. The third-order valence-corrected chi connectivity index (χ3v) is 13.7. The van der Waals surface area contributed by atoms with Crippen molar-refractivity contribution in [3.8, 4) is 11.3 Å². The van der Waals surface area contributed by atoms with E-state index in [1.165, 1.54) is 38.5 Å². The zero-order valence-electron chi connectivity index (χ0n) is 31.4. The Morgan fingerprint density at radius 3 is 2.46 bits per heavy atom. The zero-order chi connectivity index (χ0) is 36.9. The number of carbonyl (C=O) groups is 2. The molecule has 1 aromatic carbocycles. The van der Waals surface area contributed by atoms with Gasteiger partial charge in [-0.15, -0.1) is 0 Å². The molecular formula is C42H49FN8O3. The van der Waals surface area contributed by atoms with E-state index in [0.717, 1.165) is 52.5 Å². The van der Waals surface area contributed by atoms with Crippen molar-refractivity contribution in [2.45, 2.75) is 89.3 Å². The van der Waals surface area contributed by atoms with Gasteiger partial charge in [0.05, 0.1) is 53.5 Å². The summed E-state index contributed by atoms with van der Waals surface area (Å²) < 4.78 is 22.3. The third kappa shape index (κ3) is 5.30. The van der Waals surface area contributed by atoms with Gasteiger partial charge in [-0.05, 0) is 101 Å². The average Bonchev–Trinajstić information content (AvgIpc) is 3.80. The van der Waals surface area contributed by atoms with Crippen molar-refractivity contribution >= 4 is 40.0 Å². The highest BCUT2D eigenvalue weighted by atomic mass is 19.1.